The highest BCUT2D eigenvalue weighted by Crippen LogP contribution is 2.35. The van der Waals surface area contributed by atoms with Gasteiger partial charge in [-0.1, -0.05) is 47.3 Å². The molecule has 168 valence electrons. The number of ether oxygens (including phenoxy) is 2. The second kappa shape index (κ2) is 9.86. The van der Waals surface area contributed by atoms with E-state index in [9.17, 15) is 4.79 Å². The van der Waals surface area contributed by atoms with Crippen molar-refractivity contribution in [3.05, 3.63) is 62.6 Å². The molecule has 1 aliphatic rings. The second-order valence-corrected chi connectivity index (χ2v) is 9.29. The lowest BCUT2D eigenvalue weighted by atomic mass is 9.88. The average molecular weight is 498 g/mol. The normalized spacial score (nSPS) is 15.0. The van der Waals surface area contributed by atoms with Crippen molar-refractivity contribution >= 4 is 33.0 Å². The third-order valence-electron chi connectivity index (χ3n) is 5.68. The van der Waals surface area contributed by atoms with Crippen LogP contribution in [0.3, 0.4) is 0 Å². The van der Waals surface area contributed by atoms with Crippen molar-refractivity contribution in [1.29, 1.82) is 0 Å². The summed E-state index contributed by atoms with van der Waals surface area (Å²) in [6.45, 7) is 3.92. The third-order valence-corrected chi connectivity index (χ3v) is 6.14. The van der Waals surface area contributed by atoms with E-state index in [1.807, 2.05) is 44.2 Å². The zero-order valence-corrected chi connectivity index (χ0v) is 20.3. The van der Waals surface area contributed by atoms with Crippen molar-refractivity contribution in [2.24, 2.45) is 5.10 Å². The van der Waals surface area contributed by atoms with E-state index in [2.05, 4.69) is 21.0 Å². The zero-order valence-electron chi connectivity index (χ0n) is 18.7. The van der Waals surface area contributed by atoms with Crippen molar-refractivity contribution < 1.29 is 9.47 Å². The summed E-state index contributed by atoms with van der Waals surface area (Å²) in [4.78, 5) is 18.3. The number of hydrogen-bond acceptors (Lipinski definition) is 5. The maximum atomic E-state index is 13.4. The molecule has 7 heteroatoms. The molecule has 0 spiro atoms. The van der Waals surface area contributed by atoms with Crippen LogP contribution in [0.4, 0.5) is 0 Å². The lowest BCUT2D eigenvalue weighted by Crippen LogP contribution is -2.25. The minimum atomic E-state index is -0.152. The molecular weight excluding hydrogens is 470 g/mol. The minimum Gasteiger partial charge on any atom is -0.493 e. The number of nitrogens with zero attached hydrogens (tertiary/aromatic N) is 3. The number of rotatable bonds is 6. The van der Waals surface area contributed by atoms with Crippen LogP contribution in [0.15, 0.2) is 50.8 Å². The van der Waals surface area contributed by atoms with Gasteiger partial charge in [-0.3, -0.25) is 4.79 Å². The highest BCUT2D eigenvalue weighted by molar-refractivity contribution is 9.10. The number of benzene rings is 2. The quantitative estimate of drug-likeness (QED) is 0.398. The molecule has 1 fully saturated rings. The van der Waals surface area contributed by atoms with E-state index >= 15 is 0 Å². The summed E-state index contributed by atoms with van der Waals surface area (Å²) in [6.07, 6.45) is 7.18. The molecule has 32 heavy (non-hydrogen) atoms. The van der Waals surface area contributed by atoms with Gasteiger partial charge in [0.1, 0.15) is 5.82 Å². The molecule has 0 bridgehead atoms. The summed E-state index contributed by atoms with van der Waals surface area (Å²) in [5.74, 6) is 2.15. The summed E-state index contributed by atoms with van der Waals surface area (Å²) in [6, 6.07) is 11.2. The molecule has 3 aromatic rings. The standard InChI is InChI=1S/C25H28BrN3O3/c1-16(2)32-23-18(13-19(26)14-22(23)31-3)15-27-29-24(17-9-5-4-6-10-17)28-21-12-8-7-11-20(21)25(29)30/h7-8,11-17H,4-6,9-10H2,1-3H3. The van der Waals surface area contributed by atoms with Crippen molar-refractivity contribution in [1.82, 2.24) is 9.66 Å². The topological polar surface area (TPSA) is 65.7 Å². The lowest BCUT2D eigenvalue weighted by molar-refractivity contribution is 0.229. The molecule has 1 heterocycles. The molecule has 0 saturated heterocycles. The first kappa shape index (κ1) is 22.5. The first-order chi connectivity index (χ1) is 15.5. The largest absolute Gasteiger partial charge is 0.493 e. The Bertz CT molecular complexity index is 1200. The van der Waals surface area contributed by atoms with E-state index in [0.29, 0.717) is 16.9 Å². The van der Waals surface area contributed by atoms with Gasteiger partial charge in [-0.2, -0.15) is 9.78 Å². The Labute approximate surface area is 196 Å². The van der Waals surface area contributed by atoms with Crippen LogP contribution in [-0.2, 0) is 0 Å². The Morgan fingerprint density at radius 1 is 1.19 bits per heavy atom. The molecule has 0 aliphatic heterocycles. The van der Waals surface area contributed by atoms with Crippen molar-refractivity contribution in [2.45, 2.75) is 58.0 Å². The van der Waals surface area contributed by atoms with Gasteiger partial charge in [0.2, 0.25) is 0 Å². The Kier molecular flexibility index (Phi) is 6.94. The summed E-state index contributed by atoms with van der Waals surface area (Å²) >= 11 is 3.53. The number of aromatic nitrogens is 2. The predicted octanol–water partition coefficient (Wildman–Crippen LogP) is 5.88. The van der Waals surface area contributed by atoms with Gasteiger partial charge >= 0.3 is 0 Å². The molecular formula is C25H28BrN3O3. The van der Waals surface area contributed by atoms with Crippen LogP contribution >= 0.6 is 15.9 Å². The fraction of sp³-hybridized carbons (Fsp3) is 0.400. The molecule has 0 atom stereocenters. The van der Waals surface area contributed by atoms with Crippen LogP contribution < -0.4 is 15.0 Å². The van der Waals surface area contributed by atoms with Crippen molar-refractivity contribution in [3.63, 3.8) is 0 Å². The van der Waals surface area contributed by atoms with Gasteiger partial charge in [-0.25, -0.2) is 4.98 Å². The molecule has 1 aliphatic carbocycles. The summed E-state index contributed by atoms with van der Waals surface area (Å²) in [5.41, 5.74) is 1.29. The van der Waals surface area contributed by atoms with E-state index in [1.54, 1.807) is 19.4 Å². The van der Waals surface area contributed by atoms with Gasteiger partial charge in [-0.05, 0) is 51.0 Å². The number of para-hydroxylation sites is 1. The molecule has 0 unspecified atom stereocenters. The minimum absolute atomic E-state index is 0.0416. The summed E-state index contributed by atoms with van der Waals surface area (Å²) in [5, 5.41) is 5.21. The van der Waals surface area contributed by atoms with Gasteiger partial charge in [0.05, 0.1) is 30.3 Å². The van der Waals surface area contributed by atoms with Crippen LogP contribution in [0.5, 0.6) is 11.5 Å². The van der Waals surface area contributed by atoms with Gasteiger partial charge in [0, 0.05) is 16.0 Å². The number of hydrogen-bond donors (Lipinski definition) is 0. The van der Waals surface area contributed by atoms with Crippen LogP contribution in [0.2, 0.25) is 0 Å². The molecule has 1 saturated carbocycles. The van der Waals surface area contributed by atoms with Gasteiger partial charge in [-0.15, -0.1) is 0 Å². The molecule has 2 aromatic carbocycles. The molecule has 0 radical (unpaired) electrons. The van der Waals surface area contributed by atoms with E-state index < -0.39 is 0 Å². The summed E-state index contributed by atoms with van der Waals surface area (Å²) < 4.78 is 13.9. The van der Waals surface area contributed by atoms with Crippen LogP contribution in [-0.4, -0.2) is 29.1 Å². The van der Waals surface area contributed by atoms with E-state index in [-0.39, 0.29) is 17.6 Å². The molecule has 0 N–H and O–H groups in total. The fourth-order valence-corrected chi connectivity index (χ4v) is 4.65. The molecule has 0 amide bonds. The number of methoxy groups -OCH3 is 1. The highest BCUT2D eigenvalue weighted by atomic mass is 79.9. The maximum Gasteiger partial charge on any atom is 0.282 e. The maximum absolute atomic E-state index is 13.4. The van der Waals surface area contributed by atoms with Crippen molar-refractivity contribution in [2.75, 3.05) is 7.11 Å². The lowest BCUT2D eigenvalue weighted by Gasteiger charge is -2.23. The zero-order chi connectivity index (χ0) is 22.7. The van der Waals surface area contributed by atoms with Gasteiger partial charge in [0.25, 0.3) is 5.56 Å². The van der Waals surface area contributed by atoms with Crippen molar-refractivity contribution in [3.8, 4) is 11.5 Å². The van der Waals surface area contributed by atoms with Gasteiger partial charge < -0.3 is 9.47 Å². The van der Waals surface area contributed by atoms with E-state index in [0.717, 1.165) is 47.1 Å². The monoisotopic (exact) mass is 497 g/mol. The van der Waals surface area contributed by atoms with Gasteiger partial charge in [0.15, 0.2) is 11.5 Å². The number of halogens is 1. The third kappa shape index (κ3) is 4.72. The number of fused-ring (bicyclic) bond motifs is 1. The van der Waals surface area contributed by atoms with Crippen LogP contribution in [0, 0.1) is 0 Å². The van der Waals surface area contributed by atoms with Crippen LogP contribution in [0.1, 0.15) is 63.3 Å². The Balaban J connectivity index is 1.86. The summed E-state index contributed by atoms with van der Waals surface area (Å²) in [7, 11) is 1.61. The van der Waals surface area contributed by atoms with Crippen LogP contribution in [0.25, 0.3) is 10.9 Å². The van der Waals surface area contributed by atoms with E-state index in [1.165, 1.54) is 11.1 Å². The SMILES string of the molecule is COc1cc(Br)cc(C=Nn2c(C3CCCCC3)nc3ccccc3c2=O)c1OC(C)C. The Morgan fingerprint density at radius 2 is 1.94 bits per heavy atom. The molecule has 4 rings (SSSR count). The smallest absolute Gasteiger partial charge is 0.282 e. The first-order valence-electron chi connectivity index (χ1n) is 11.1. The average Bonchev–Trinajstić information content (AvgIpc) is 2.80. The molecule has 6 nitrogen and oxygen atoms in total. The Morgan fingerprint density at radius 3 is 2.66 bits per heavy atom. The molecule has 1 aromatic heterocycles. The first-order valence-corrected chi connectivity index (χ1v) is 11.9. The second-order valence-electron chi connectivity index (χ2n) is 8.38. The fourth-order valence-electron chi connectivity index (χ4n) is 4.20. The highest BCUT2D eigenvalue weighted by Gasteiger charge is 2.22. The predicted molar refractivity (Wildman–Crippen MR) is 131 cm³/mol. The Hall–Kier alpha value is -2.67. The van der Waals surface area contributed by atoms with E-state index in [4.69, 9.17) is 14.5 Å².